The van der Waals surface area contributed by atoms with Crippen LogP contribution in [0, 0.1) is 12.8 Å². The molecule has 9 nitrogen and oxygen atoms in total. The molecule has 1 aromatic heterocycles. The minimum absolute atomic E-state index is 0.00387. The molecule has 1 fully saturated rings. The molecular formula is C24H28N6O3S. The third-order valence-corrected chi connectivity index (χ3v) is 6.67. The van der Waals surface area contributed by atoms with Crippen LogP contribution in [0.25, 0.3) is 0 Å². The Morgan fingerprint density at radius 2 is 1.97 bits per heavy atom. The second kappa shape index (κ2) is 10.2. The van der Waals surface area contributed by atoms with Crippen LogP contribution in [0.1, 0.15) is 24.0 Å². The van der Waals surface area contributed by atoms with Gasteiger partial charge in [0.1, 0.15) is 5.82 Å². The molecular weight excluding hydrogens is 452 g/mol. The molecule has 0 saturated carbocycles. The first-order valence-electron chi connectivity index (χ1n) is 11.1. The van der Waals surface area contributed by atoms with E-state index in [0.717, 1.165) is 24.9 Å². The van der Waals surface area contributed by atoms with E-state index in [-0.39, 0.29) is 16.7 Å². The average molecular weight is 481 g/mol. The van der Waals surface area contributed by atoms with E-state index >= 15 is 0 Å². The van der Waals surface area contributed by atoms with Gasteiger partial charge in [-0.3, -0.25) is 4.79 Å². The number of anilines is 3. The van der Waals surface area contributed by atoms with E-state index in [4.69, 9.17) is 5.14 Å². The number of rotatable bonds is 7. The largest absolute Gasteiger partial charge is 0.356 e. The topological polar surface area (TPSA) is 130 Å². The van der Waals surface area contributed by atoms with Crippen LogP contribution in [0.2, 0.25) is 0 Å². The predicted octanol–water partition coefficient (Wildman–Crippen LogP) is 2.71. The van der Waals surface area contributed by atoms with Crippen molar-refractivity contribution >= 4 is 33.4 Å². The summed E-state index contributed by atoms with van der Waals surface area (Å²) >= 11 is 0. The number of sulfonamides is 1. The summed E-state index contributed by atoms with van der Waals surface area (Å²) < 4.78 is 23.2. The van der Waals surface area contributed by atoms with Gasteiger partial charge in [-0.25, -0.2) is 18.5 Å². The smallest absolute Gasteiger partial charge is 0.238 e. The van der Waals surface area contributed by atoms with Gasteiger partial charge in [-0.05, 0) is 49.6 Å². The van der Waals surface area contributed by atoms with Gasteiger partial charge in [0.25, 0.3) is 0 Å². The zero-order valence-electron chi connectivity index (χ0n) is 18.9. The molecule has 1 amide bonds. The Morgan fingerprint density at radius 1 is 1.18 bits per heavy atom. The van der Waals surface area contributed by atoms with E-state index in [1.54, 1.807) is 24.4 Å². The summed E-state index contributed by atoms with van der Waals surface area (Å²) in [6.45, 7) is 3.90. The fraction of sp³-hybridized carbons (Fsp3) is 0.292. The summed E-state index contributed by atoms with van der Waals surface area (Å²) in [7, 11) is -3.81. The number of nitrogens with one attached hydrogen (secondary N) is 2. The molecule has 3 aromatic rings. The van der Waals surface area contributed by atoms with Crippen LogP contribution in [0.15, 0.2) is 65.7 Å². The normalized spacial score (nSPS) is 16.2. The summed E-state index contributed by atoms with van der Waals surface area (Å²) in [5.74, 6) is 0.945. The first-order valence-corrected chi connectivity index (χ1v) is 12.6. The number of carbonyl (C=O) groups is 1. The van der Waals surface area contributed by atoms with Crippen LogP contribution in [-0.2, 0) is 21.4 Å². The zero-order valence-corrected chi connectivity index (χ0v) is 19.8. The lowest BCUT2D eigenvalue weighted by Gasteiger charge is -2.33. The van der Waals surface area contributed by atoms with Crippen molar-refractivity contribution in [1.29, 1.82) is 0 Å². The van der Waals surface area contributed by atoms with Gasteiger partial charge in [-0.2, -0.15) is 4.98 Å². The zero-order chi connectivity index (χ0) is 24.1. The highest BCUT2D eigenvalue weighted by molar-refractivity contribution is 7.89. The fourth-order valence-corrected chi connectivity index (χ4v) is 4.46. The lowest BCUT2D eigenvalue weighted by Crippen LogP contribution is -2.43. The van der Waals surface area contributed by atoms with E-state index in [0.29, 0.717) is 30.5 Å². The summed E-state index contributed by atoms with van der Waals surface area (Å²) in [6.07, 6.45) is 3.34. The van der Waals surface area contributed by atoms with Gasteiger partial charge in [0.2, 0.25) is 21.9 Å². The minimum atomic E-state index is -3.81. The molecule has 4 N–H and O–H groups in total. The van der Waals surface area contributed by atoms with Crippen molar-refractivity contribution in [1.82, 2.24) is 15.3 Å². The molecule has 1 saturated heterocycles. The Morgan fingerprint density at radius 3 is 2.74 bits per heavy atom. The number of nitrogens with two attached hydrogens (primary N) is 1. The standard InChI is InChI=1S/C24H28N6O3S/c1-17-7-9-18(10-8-17)15-27-23(31)19-4-3-13-30(16-19)22-11-12-26-24(29-22)28-20-5-2-6-21(14-20)34(25,32)33/h2,5-12,14,19H,3-4,13,15-16H2,1H3,(H,27,31)(H2,25,32,33)(H,26,28,29)/t19-/m0/s1. The molecule has 1 aliphatic heterocycles. The number of aryl methyl sites for hydroxylation is 1. The molecule has 4 rings (SSSR count). The number of benzene rings is 2. The lowest BCUT2D eigenvalue weighted by atomic mass is 9.97. The highest BCUT2D eigenvalue weighted by Gasteiger charge is 2.26. The number of amides is 1. The Hall–Kier alpha value is -3.50. The van der Waals surface area contributed by atoms with E-state index in [1.165, 1.54) is 17.7 Å². The quantitative estimate of drug-likeness (QED) is 0.474. The summed E-state index contributed by atoms with van der Waals surface area (Å²) in [5, 5.41) is 11.3. The second-order valence-corrected chi connectivity index (χ2v) is 9.99. The van der Waals surface area contributed by atoms with Crippen LogP contribution in [-0.4, -0.2) is 37.4 Å². The maximum Gasteiger partial charge on any atom is 0.238 e. The van der Waals surface area contributed by atoms with Crippen LogP contribution in [0.5, 0.6) is 0 Å². The van der Waals surface area contributed by atoms with Gasteiger partial charge in [0, 0.05) is 31.5 Å². The van der Waals surface area contributed by atoms with Crippen molar-refractivity contribution in [3.05, 3.63) is 71.9 Å². The molecule has 1 atom stereocenters. The summed E-state index contributed by atoms with van der Waals surface area (Å²) in [6, 6.07) is 16.1. The number of hydrogen-bond acceptors (Lipinski definition) is 7. The molecule has 2 aromatic carbocycles. The number of nitrogens with zero attached hydrogens (tertiary/aromatic N) is 3. The van der Waals surface area contributed by atoms with Crippen molar-refractivity contribution in [2.75, 3.05) is 23.3 Å². The molecule has 1 aliphatic rings. The van der Waals surface area contributed by atoms with Crippen LogP contribution in [0.4, 0.5) is 17.5 Å². The number of piperidine rings is 1. The molecule has 0 radical (unpaired) electrons. The Kier molecular flexibility index (Phi) is 7.09. The number of carbonyl (C=O) groups excluding carboxylic acids is 1. The van der Waals surface area contributed by atoms with Crippen molar-refractivity contribution in [2.24, 2.45) is 11.1 Å². The maximum absolute atomic E-state index is 12.8. The monoisotopic (exact) mass is 480 g/mol. The average Bonchev–Trinajstić information content (AvgIpc) is 2.83. The number of aromatic nitrogens is 2. The highest BCUT2D eigenvalue weighted by Crippen LogP contribution is 2.24. The molecule has 10 heteroatoms. The first-order chi connectivity index (χ1) is 16.3. The van der Waals surface area contributed by atoms with E-state index in [9.17, 15) is 13.2 Å². The maximum atomic E-state index is 12.8. The molecule has 0 spiro atoms. The Labute approximate surface area is 199 Å². The third-order valence-electron chi connectivity index (χ3n) is 5.76. The third kappa shape index (κ3) is 6.09. The SMILES string of the molecule is Cc1ccc(CNC(=O)[C@H]2CCCN(c3ccnc(Nc4cccc(S(N)(=O)=O)c4)n3)C2)cc1. The molecule has 178 valence electrons. The van der Waals surface area contributed by atoms with Gasteiger partial charge in [-0.15, -0.1) is 0 Å². The van der Waals surface area contributed by atoms with E-state index < -0.39 is 10.0 Å². The summed E-state index contributed by atoms with van der Waals surface area (Å²) in [4.78, 5) is 23.7. The highest BCUT2D eigenvalue weighted by atomic mass is 32.2. The minimum Gasteiger partial charge on any atom is -0.356 e. The van der Waals surface area contributed by atoms with Gasteiger partial charge in [0.15, 0.2) is 0 Å². The molecule has 34 heavy (non-hydrogen) atoms. The van der Waals surface area contributed by atoms with Crippen LogP contribution in [0.3, 0.4) is 0 Å². The first kappa shape index (κ1) is 23.7. The van der Waals surface area contributed by atoms with Crippen molar-refractivity contribution in [3.63, 3.8) is 0 Å². The van der Waals surface area contributed by atoms with Gasteiger partial charge in [0.05, 0.1) is 10.8 Å². The number of primary sulfonamides is 1. The summed E-state index contributed by atoms with van der Waals surface area (Å²) in [5.41, 5.74) is 2.77. The molecule has 2 heterocycles. The Balaban J connectivity index is 1.40. The Bertz CT molecular complexity index is 1260. The molecule has 0 unspecified atom stereocenters. The van der Waals surface area contributed by atoms with Gasteiger partial charge >= 0.3 is 0 Å². The second-order valence-electron chi connectivity index (χ2n) is 8.42. The molecule has 0 bridgehead atoms. The van der Waals surface area contributed by atoms with E-state index in [1.807, 2.05) is 31.2 Å². The molecule has 0 aliphatic carbocycles. The van der Waals surface area contributed by atoms with Gasteiger partial charge in [-0.1, -0.05) is 35.9 Å². The van der Waals surface area contributed by atoms with E-state index in [2.05, 4.69) is 25.5 Å². The van der Waals surface area contributed by atoms with Gasteiger partial charge < -0.3 is 15.5 Å². The van der Waals surface area contributed by atoms with Crippen LogP contribution >= 0.6 is 0 Å². The fourth-order valence-electron chi connectivity index (χ4n) is 3.90. The van der Waals surface area contributed by atoms with Crippen molar-refractivity contribution in [3.8, 4) is 0 Å². The predicted molar refractivity (Wildman–Crippen MR) is 131 cm³/mol. The van der Waals surface area contributed by atoms with Crippen molar-refractivity contribution in [2.45, 2.75) is 31.2 Å². The number of hydrogen-bond donors (Lipinski definition) is 3. The lowest BCUT2D eigenvalue weighted by molar-refractivity contribution is -0.125. The van der Waals surface area contributed by atoms with Crippen molar-refractivity contribution < 1.29 is 13.2 Å². The van der Waals surface area contributed by atoms with Crippen LogP contribution < -0.4 is 20.7 Å².